The number of piperazine rings is 1. The number of hydrogen-bond acceptors (Lipinski definition) is 2. The minimum absolute atomic E-state index is 0. The summed E-state index contributed by atoms with van der Waals surface area (Å²) in [4.78, 5) is 4.76. The van der Waals surface area contributed by atoms with Crippen LogP contribution in [0.25, 0.3) is 0 Å². The average Bonchev–Trinajstić information content (AvgIpc) is 2.37. The average molecular weight is 344 g/mol. The second-order valence-corrected chi connectivity index (χ2v) is 5.69. The van der Waals surface area contributed by atoms with E-state index >= 15 is 0 Å². The zero-order valence-electron chi connectivity index (χ0n) is 10.6. The van der Waals surface area contributed by atoms with E-state index in [1.807, 2.05) is 12.1 Å². The molecular weight excluding hydrogens is 326 g/mol. The van der Waals surface area contributed by atoms with E-state index in [2.05, 4.69) is 9.80 Å². The molecule has 6 heteroatoms. The highest BCUT2D eigenvalue weighted by molar-refractivity contribution is 6.36. The van der Waals surface area contributed by atoms with Crippen molar-refractivity contribution in [1.82, 2.24) is 4.90 Å². The van der Waals surface area contributed by atoms with Crippen LogP contribution in [-0.2, 0) is 0 Å². The predicted octanol–water partition coefficient (Wildman–Crippen LogP) is 4.17. The van der Waals surface area contributed by atoms with Gasteiger partial charge in [0.25, 0.3) is 0 Å². The maximum atomic E-state index is 6.23. The van der Waals surface area contributed by atoms with Crippen LogP contribution in [0.5, 0.6) is 0 Å². The largest absolute Gasteiger partial charge is 0.368 e. The normalized spacial score (nSPS) is 16.3. The molecule has 0 aliphatic carbocycles. The first kappa shape index (κ1) is 17.2. The molecule has 0 radical (unpaired) electrons. The highest BCUT2D eigenvalue weighted by Gasteiger charge is 2.18. The second kappa shape index (κ2) is 8.43. The van der Waals surface area contributed by atoms with Gasteiger partial charge >= 0.3 is 0 Å². The molecule has 2 nitrogen and oxygen atoms in total. The van der Waals surface area contributed by atoms with Crippen molar-refractivity contribution in [1.29, 1.82) is 0 Å². The summed E-state index contributed by atoms with van der Waals surface area (Å²) in [5, 5.41) is 1.42. The van der Waals surface area contributed by atoms with E-state index < -0.39 is 0 Å². The fraction of sp³-hybridized carbons (Fsp3) is 0.538. The Kier molecular flexibility index (Phi) is 7.63. The first-order chi connectivity index (χ1) is 8.70. The van der Waals surface area contributed by atoms with Gasteiger partial charge in [0.1, 0.15) is 0 Å². The molecule has 2 rings (SSSR count). The van der Waals surface area contributed by atoms with Gasteiger partial charge in [0.2, 0.25) is 0 Å². The molecule has 0 spiro atoms. The van der Waals surface area contributed by atoms with Crippen LogP contribution in [0.4, 0.5) is 5.69 Å². The minimum Gasteiger partial charge on any atom is -0.368 e. The van der Waals surface area contributed by atoms with Crippen molar-refractivity contribution in [3.63, 3.8) is 0 Å². The Bertz CT molecular complexity index is 392. The zero-order valence-corrected chi connectivity index (χ0v) is 13.7. The van der Waals surface area contributed by atoms with Crippen LogP contribution in [0.1, 0.15) is 6.42 Å². The number of nitrogens with zero attached hydrogens (tertiary/aromatic N) is 2. The lowest BCUT2D eigenvalue weighted by atomic mass is 10.2. The first-order valence-corrected chi connectivity index (χ1v) is 7.48. The quantitative estimate of drug-likeness (QED) is 0.757. The molecule has 0 bridgehead atoms. The van der Waals surface area contributed by atoms with Gasteiger partial charge in [-0.05, 0) is 31.2 Å². The Morgan fingerprint density at radius 2 is 1.74 bits per heavy atom. The maximum Gasteiger partial charge on any atom is 0.0654 e. The van der Waals surface area contributed by atoms with Crippen molar-refractivity contribution < 1.29 is 0 Å². The summed E-state index contributed by atoms with van der Waals surface area (Å²) in [6.45, 7) is 5.23. The molecule has 1 aromatic carbocycles. The molecule has 0 N–H and O–H groups in total. The minimum atomic E-state index is 0. The standard InChI is InChI=1S/C13H17Cl3N2.ClH/c14-4-1-5-17-6-8-18(9-7-17)13-3-2-11(15)10-12(13)16;/h2-3,10H,1,4-9H2;1H. The summed E-state index contributed by atoms with van der Waals surface area (Å²) in [6, 6.07) is 5.69. The zero-order chi connectivity index (χ0) is 13.0. The van der Waals surface area contributed by atoms with Gasteiger partial charge in [-0.2, -0.15) is 0 Å². The summed E-state index contributed by atoms with van der Waals surface area (Å²) in [7, 11) is 0. The van der Waals surface area contributed by atoms with Crippen molar-refractivity contribution in [2.75, 3.05) is 43.5 Å². The van der Waals surface area contributed by atoms with Crippen LogP contribution in [0.2, 0.25) is 10.0 Å². The van der Waals surface area contributed by atoms with Crippen molar-refractivity contribution >= 4 is 52.9 Å². The number of rotatable bonds is 4. The SMILES string of the molecule is Cl.ClCCCN1CCN(c2ccc(Cl)cc2Cl)CC1. The maximum absolute atomic E-state index is 6.23. The Morgan fingerprint density at radius 1 is 1.05 bits per heavy atom. The van der Waals surface area contributed by atoms with Crippen LogP contribution in [0.3, 0.4) is 0 Å². The summed E-state index contributed by atoms with van der Waals surface area (Å²) in [5.41, 5.74) is 1.08. The summed E-state index contributed by atoms with van der Waals surface area (Å²) in [6.07, 6.45) is 1.06. The molecule has 1 aliphatic heterocycles. The number of halogens is 4. The predicted molar refractivity (Wildman–Crippen MR) is 87.7 cm³/mol. The Balaban J connectivity index is 0.00000180. The van der Waals surface area contributed by atoms with Gasteiger partial charge in [-0.1, -0.05) is 23.2 Å². The number of alkyl halides is 1. The highest BCUT2D eigenvalue weighted by Crippen LogP contribution is 2.29. The fourth-order valence-electron chi connectivity index (χ4n) is 2.23. The Morgan fingerprint density at radius 3 is 2.32 bits per heavy atom. The van der Waals surface area contributed by atoms with Gasteiger partial charge in [0.15, 0.2) is 0 Å². The smallest absolute Gasteiger partial charge is 0.0654 e. The number of hydrogen-bond donors (Lipinski definition) is 0. The van der Waals surface area contributed by atoms with Crippen molar-refractivity contribution in [3.05, 3.63) is 28.2 Å². The van der Waals surface area contributed by atoms with E-state index in [-0.39, 0.29) is 12.4 Å². The molecule has 0 saturated carbocycles. The van der Waals surface area contributed by atoms with Crippen LogP contribution in [0, 0.1) is 0 Å². The number of anilines is 1. The molecule has 0 atom stereocenters. The van der Waals surface area contributed by atoms with Crippen LogP contribution < -0.4 is 4.90 Å². The lowest BCUT2D eigenvalue weighted by Gasteiger charge is -2.36. The van der Waals surface area contributed by atoms with Gasteiger partial charge in [0.05, 0.1) is 10.7 Å². The van der Waals surface area contributed by atoms with E-state index in [0.717, 1.165) is 55.7 Å². The molecular formula is C13H18Cl4N2. The third-order valence-electron chi connectivity index (χ3n) is 3.23. The summed E-state index contributed by atoms with van der Waals surface area (Å²) in [5.74, 6) is 0.739. The third kappa shape index (κ3) is 4.87. The summed E-state index contributed by atoms with van der Waals surface area (Å²) >= 11 is 17.9. The van der Waals surface area contributed by atoms with Gasteiger partial charge in [-0.3, -0.25) is 4.90 Å². The number of benzene rings is 1. The Labute approximate surface area is 136 Å². The van der Waals surface area contributed by atoms with E-state index in [9.17, 15) is 0 Å². The van der Waals surface area contributed by atoms with Crippen molar-refractivity contribution in [2.24, 2.45) is 0 Å². The summed E-state index contributed by atoms with van der Waals surface area (Å²) < 4.78 is 0. The molecule has 1 fully saturated rings. The molecule has 0 aromatic heterocycles. The van der Waals surface area contributed by atoms with E-state index in [0.29, 0.717) is 5.02 Å². The highest BCUT2D eigenvalue weighted by atomic mass is 35.5. The fourth-order valence-corrected chi connectivity index (χ4v) is 2.88. The Hall–Kier alpha value is 0.140. The first-order valence-electron chi connectivity index (χ1n) is 6.19. The lowest BCUT2D eigenvalue weighted by molar-refractivity contribution is 0.259. The van der Waals surface area contributed by atoms with Gasteiger partial charge in [-0.25, -0.2) is 0 Å². The van der Waals surface area contributed by atoms with E-state index in [4.69, 9.17) is 34.8 Å². The van der Waals surface area contributed by atoms with Gasteiger partial charge < -0.3 is 4.90 Å². The van der Waals surface area contributed by atoms with Crippen LogP contribution >= 0.6 is 47.2 Å². The molecule has 1 aromatic rings. The molecule has 0 unspecified atom stereocenters. The molecule has 19 heavy (non-hydrogen) atoms. The van der Waals surface area contributed by atoms with Crippen LogP contribution in [0.15, 0.2) is 18.2 Å². The van der Waals surface area contributed by atoms with Crippen LogP contribution in [-0.4, -0.2) is 43.5 Å². The molecule has 1 heterocycles. The van der Waals surface area contributed by atoms with E-state index in [1.165, 1.54) is 0 Å². The topological polar surface area (TPSA) is 6.48 Å². The van der Waals surface area contributed by atoms with Gasteiger partial charge in [-0.15, -0.1) is 24.0 Å². The molecule has 1 saturated heterocycles. The molecule has 0 amide bonds. The van der Waals surface area contributed by atoms with Crippen molar-refractivity contribution in [3.8, 4) is 0 Å². The molecule has 1 aliphatic rings. The third-order valence-corrected chi connectivity index (χ3v) is 4.04. The monoisotopic (exact) mass is 342 g/mol. The second-order valence-electron chi connectivity index (χ2n) is 4.47. The van der Waals surface area contributed by atoms with Crippen molar-refractivity contribution in [2.45, 2.75) is 6.42 Å². The van der Waals surface area contributed by atoms with Gasteiger partial charge in [0, 0.05) is 37.1 Å². The molecule has 108 valence electrons. The lowest BCUT2D eigenvalue weighted by Crippen LogP contribution is -2.46. The van der Waals surface area contributed by atoms with E-state index in [1.54, 1.807) is 6.07 Å².